The van der Waals surface area contributed by atoms with Gasteiger partial charge in [-0.15, -0.1) is 0 Å². The highest BCUT2D eigenvalue weighted by atomic mass is 16.5. The Labute approximate surface area is 141 Å². The van der Waals surface area contributed by atoms with Gasteiger partial charge in [0.1, 0.15) is 23.9 Å². The van der Waals surface area contributed by atoms with Crippen LogP contribution in [0.15, 0.2) is 36.5 Å². The molecule has 2 heterocycles. The average Bonchev–Trinajstić information content (AvgIpc) is 2.66. The van der Waals surface area contributed by atoms with Crippen LogP contribution in [-0.4, -0.2) is 44.7 Å². The van der Waals surface area contributed by atoms with E-state index >= 15 is 0 Å². The molecule has 1 aliphatic heterocycles. The van der Waals surface area contributed by atoms with Gasteiger partial charge in [0.25, 0.3) is 0 Å². The summed E-state index contributed by atoms with van der Waals surface area (Å²) >= 11 is 0. The highest BCUT2D eigenvalue weighted by Crippen LogP contribution is 2.28. The van der Waals surface area contributed by atoms with E-state index in [0.29, 0.717) is 36.9 Å². The summed E-state index contributed by atoms with van der Waals surface area (Å²) in [5.41, 5.74) is 1.39. The number of hydrogen-bond donors (Lipinski definition) is 0. The molecule has 0 atom stereocenters. The molecule has 1 aromatic carbocycles. The molecular weight excluding hydrogens is 308 g/mol. The molecule has 1 aliphatic rings. The van der Waals surface area contributed by atoms with Gasteiger partial charge >= 0.3 is 0 Å². The number of carbonyl (C=O) groups excluding carboxylic acids is 1. The Kier molecular flexibility index (Phi) is 5.28. The van der Waals surface area contributed by atoms with Crippen LogP contribution in [-0.2, 0) is 11.3 Å². The first-order chi connectivity index (χ1) is 11.8. The van der Waals surface area contributed by atoms with Crippen molar-refractivity contribution in [2.24, 2.45) is 0 Å². The zero-order chi connectivity index (χ0) is 16.8. The Morgan fingerprint density at radius 2 is 2.00 bits per heavy atom. The van der Waals surface area contributed by atoms with Crippen LogP contribution in [0.5, 0.6) is 11.5 Å². The number of rotatable bonds is 6. The van der Waals surface area contributed by atoms with Crippen LogP contribution in [0.1, 0.15) is 15.9 Å². The topological polar surface area (TPSA) is 60.9 Å². The number of carbonyl (C=O) groups is 1. The Balaban J connectivity index is 1.79. The van der Waals surface area contributed by atoms with Gasteiger partial charge < -0.3 is 19.1 Å². The van der Waals surface area contributed by atoms with Crippen molar-refractivity contribution in [1.29, 1.82) is 0 Å². The molecule has 0 amide bonds. The number of morpholine rings is 1. The minimum Gasteiger partial charge on any atom is -0.496 e. The molecule has 0 spiro atoms. The quantitative estimate of drug-likeness (QED) is 0.759. The Hall–Kier alpha value is -2.60. The molecule has 0 N–H and O–H groups in total. The number of anilines is 1. The van der Waals surface area contributed by atoms with Crippen molar-refractivity contribution < 1.29 is 19.0 Å². The van der Waals surface area contributed by atoms with Crippen LogP contribution in [0.4, 0.5) is 5.82 Å². The summed E-state index contributed by atoms with van der Waals surface area (Å²) < 4.78 is 16.5. The lowest BCUT2D eigenvalue weighted by Gasteiger charge is -2.29. The van der Waals surface area contributed by atoms with Crippen molar-refractivity contribution in [2.75, 3.05) is 38.3 Å². The fraction of sp³-hybridized carbons (Fsp3) is 0.333. The molecule has 1 saturated heterocycles. The van der Waals surface area contributed by atoms with E-state index in [1.807, 2.05) is 12.1 Å². The molecule has 0 saturated carbocycles. The minimum absolute atomic E-state index is 0.328. The molecule has 2 aromatic rings. The summed E-state index contributed by atoms with van der Waals surface area (Å²) in [4.78, 5) is 18.0. The number of methoxy groups -OCH3 is 1. The van der Waals surface area contributed by atoms with E-state index in [1.165, 1.54) is 7.11 Å². The van der Waals surface area contributed by atoms with Gasteiger partial charge in [-0.1, -0.05) is 12.1 Å². The maximum absolute atomic E-state index is 11.3. The number of nitrogens with zero attached hydrogens (tertiary/aromatic N) is 2. The van der Waals surface area contributed by atoms with Crippen LogP contribution in [0.3, 0.4) is 0 Å². The summed E-state index contributed by atoms with van der Waals surface area (Å²) in [5.74, 6) is 1.90. The number of hydrogen-bond acceptors (Lipinski definition) is 6. The van der Waals surface area contributed by atoms with Crippen molar-refractivity contribution in [3.05, 3.63) is 47.7 Å². The van der Waals surface area contributed by atoms with E-state index < -0.39 is 0 Å². The lowest BCUT2D eigenvalue weighted by molar-refractivity contribution is 0.111. The van der Waals surface area contributed by atoms with Crippen molar-refractivity contribution in [1.82, 2.24) is 4.98 Å². The van der Waals surface area contributed by atoms with Gasteiger partial charge in [0.2, 0.25) is 0 Å². The van der Waals surface area contributed by atoms with E-state index in [9.17, 15) is 4.79 Å². The molecule has 0 unspecified atom stereocenters. The largest absolute Gasteiger partial charge is 0.496 e. The molecule has 0 aliphatic carbocycles. The van der Waals surface area contributed by atoms with Gasteiger partial charge in [-0.25, -0.2) is 4.98 Å². The minimum atomic E-state index is 0.328. The molecule has 1 aromatic heterocycles. The molecule has 3 rings (SSSR count). The maximum Gasteiger partial charge on any atom is 0.157 e. The van der Waals surface area contributed by atoms with E-state index in [2.05, 4.69) is 9.88 Å². The number of aromatic nitrogens is 1. The average molecular weight is 328 g/mol. The van der Waals surface area contributed by atoms with Crippen molar-refractivity contribution >= 4 is 12.1 Å². The second-order valence-corrected chi connectivity index (χ2v) is 5.36. The highest BCUT2D eigenvalue weighted by Gasteiger charge is 2.17. The standard InChI is InChI=1S/C18H20N2O4/c1-22-16-5-2-6-17(15(16)12-21)24-13-14-4-3-7-19-18(14)20-8-10-23-11-9-20/h2-7,12H,8-11,13H2,1H3. The van der Waals surface area contributed by atoms with Gasteiger partial charge in [0, 0.05) is 24.8 Å². The first-order valence-electron chi connectivity index (χ1n) is 7.85. The monoisotopic (exact) mass is 328 g/mol. The Bertz CT molecular complexity index is 699. The summed E-state index contributed by atoms with van der Waals surface area (Å²) in [6.07, 6.45) is 2.52. The number of ether oxygens (including phenoxy) is 3. The third-order valence-corrected chi connectivity index (χ3v) is 3.93. The molecule has 6 nitrogen and oxygen atoms in total. The van der Waals surface area contributed by atoms with E-state index in [0.717, 1.165) is 30.8 Å². The van der Waals surface area contributed by atoms with Gasteiger partial charge in [-0.2, -0.15) is 0 Å². The van der Waals surface area contributed by atoms with Gasteiger partial charge in [0.15, 0.2) is 6.29 Å². The first kappa shape index (κ1) is 16.3. The fourth-order valence-corrected chi connectivity index (χ4v) is 2.70. The van der Waals surface area contributed by atoms with Gasteiger partial charge in [-0.05, 0) is 18.2 Å². The van der Waals surface area contributed by atoms with Crippen LogP contribution < -0.4 is 14.4 Å². The summed E-state index contributed by atoms with van der Waals surface area (Å²) in [7, 11) is 1.53. The van der Waals surface area contributed by atoms with Crippen molar-refractivity contribution in [2.45, 2.75) is 6.61 Å². The normalized spacial score (nSPS) is 14.3. The van der Waals surface area contributed by atoms with Crippen LogP contribution in [0, 0.1) is 0 Å². The van der Waals surface area contributed by atoms with E-state index in [-0.39, 0.29) is 0 Å². The predicted molar refractivity (Wildman–Crippen MR) is 90.0 cm³/mol. The predicted octanol–water partition coefficient (Wildman–Crippen LogP) is 2.32. The summed E-state index contributed by atoms with van der Waals surface area (Å²) in [5, 5.41) is 0. The van der Waals surface area contributed by atoms with Crippen LogP contribution in [0.25, 0.3) is 0 Å². The molecule has 6 heteroatoms. The molecule has 1 fully saturated rings. The number of pyridine rings is 1. The number of benzene rings is 1. The van der Waals surface area contributed by atoms with Crippen LogP contribution in [0.2, 0.25) is 0 Å². The zero-order valence-electron chi connectivity index (χ0n) is 13.6. The summed E-state index contributed by atoms with van der Waals surface area (Å²) in [6.45, 7) is 3.34. The van der Waals surface area contributed by atoms with Crippen LogP contribution >= 0.6 is 0 Å². The van der Waals surface area contributed by atoms with Crippen molar-refractivity contribution in [3.8, 4) is 11.5 Å². The van der Waals surface area contributed by atoms with E-state index in [1.54, 1.807) is 24.4 Å². The van der Waals surface area contributed by atoms with Gasteiger partial charge in [0.05, 0.1) is 25.9 Å². The molecular formula is C18H20N2O4. The Morgan fingerprint density at radius 3 is 2.75 bits per heavy atom. The number of aldehydes is 1. The zero-order valence-corrected chi connectivity index (χ0v) is 13.6. The molecule has 0 bridgehead atoms. The Morgan fingerprint density at radius 1 is 1.21 bits per heavy atom. The molecule has 126 valence electrons. The lowest BCUT2D eigenvalue weighted by atomic mass is 10.2. The fourth-order valence-electron chi connectivity index (χ4n) is 2.70. The third-order valence-electron chi connectivity index (χ3n) is 3.93. The smallest absolute Gasteiger partial charge is 0.157 e. The molecule has 24 heavy (non-hydrogen) atoms. The third kappa shape index (κ3) is 3.49. The second kappa shape index (κ2) is 7.79. The lowest BCUT2D eigenvalue weighted by Crippen LogP contribution is -2.37. The second-order valence-electron chi connectivity index (χ2n) is 5.36. The maximum atomic E-state index is 11.3. The van der Waals surface area contributed by atoms with Gasteiger partial charge in [-0.3, -0.25) is 4.79 Å². The summed E-state index contributed by atoms with van der Waals surface area (Å²) in [6, 6.07) is 9.16. The highest BCUT2D eigenvalue weighted by molar-refractivity contribution is 5.83. The molecule has 0 radical (unpaired) electrons. The van der Waals surface area contributed by atoms with Crippen molar-refractivity contribution in [3.63, 3.8) is 0 Å². The van der Waals surface area contributed by atoms with E-state index in [4.69, 9.17) is 14.2 Å². The SMILES string of the molecule is COc1cccc(OCc2cccnc2N2CCOCC2)c1C=O. The first-order valence-corrected chi connectivity index (χ1v) is 7.85.